The predicted molar refractivity (Wildman–Crippen MR) is 87.1 cm³/mol. The Morgan fingerprint density at radius 3 is 2.38 bits per heavy atom. The molecule has 0 radical (unpaired) electrons. The maximum absolute atomic E-state index is 12.1. The smallest absolute Gasteiger partial charge is 0.269 e. The second-order valence-corrected chi connectivity index (χ2v) is 5.15. The molecule has 1 aromatic carbocycles. The number of hydrazine groups is 1. The molecule has 0 spiro atoms. The number of amides is 1. The average Bonchev–Trinajstić information content (AvgIpc) is 2.92. The van der Waals surface area contributed by atoms with Crippen molar-refractivity contribution in [2.45, 2.75) is 27.2 Å². The molecule has 4 nitrogen and oxygen atoms in total. The zero-order valence-electron chi connectivity index (χ0n) is 12.9. The summed E-state index contributed by atoms with van der Waals surface area (Å²) in [6.45, 7) is 8.24. The van der Waals surface area contributed by atoms with Crippen molar-refractivity contribution in [1.82, 2.24) is 10.9 Å². The van der Waals surface area contributed by atoms with Crippen molar-refractivity contribution in [3.05, 3.63) is 53.3 Å². The fourth-order valence-corrected chi connectivity index (χ4v) is 2.35. The molecular formula is C17H23N3O. The molecule has 0 atom stereocenters. The van der Waals surface area contributed by atoms with Gasteiger partial charge in [-0.25, -0.2) is 0 Å². The van der Waals surface area contributed by atoms with Gasteiger partial charge in [0.2, 0.25) is 0 Å². The summed E-state index contributed by atoms with van der Waals surface area (Å²) in [5.41, 5.74) is 9.69. The Bertz CT molecular complexity index is 554. The lowest BCUT2D eigenvalue weighted by atomic mass is 10.2. The Labute approximate surface area is 126 Å². The van der Waals surface area contributed by atoms with Gasteiger partial charge in [-0.1, -0.05) is 11.6 Å². The zero-order chi connectivity index (χ0) is 15.2. The number of allylic oxidation sites excluding steroid dienone is 3. The van der Waals surface area contributed by atoms with E-state index in [0.29, 0.717) is 5.56 Å². The maximum Gasteiger partial charge on any atom is 0.269 e. The fraction of sp³-hybridized carbons (Fsp3) is 0.353. The molecule has 0 heterocycles. The normalized spacial score (nSPS) is 13.5. The van der Waals surface area contributed by atoms with Crippen molar-refractivity contribution >= 4 is 11.6 Å². The first-order chi connectivity index (χ1) is 10.1. The van der Waals surface area contributed by atoms with E-state index in [1.165, 1.54) is 5.57 Å². The lowest BCUT2D eigenvalue weighted by Crippen LogP contribution is -2.36. The lowest BCUT2D eigenvalue weighted by molar-refractivity contribution is 0.0939. The number of carbonyl (C=O) groups is 1. The number of carbonyl (C=O) groups excluding carboxylic acids is 1. The minimum absolute atomic E-state index is 0.125. The standard InChI is InChI=1S/C17H23N3O/c1-4-20(5-2)16-10-7-14(8-11-16)17(21)19-18-15-9-6-13(3)12-15/h7-12,18H,4-6H2,1-3H3,(H,19,21). The number of rotatable bonds is 6. The largest absolute Gasteiger partial charge is 0.372 e. The quantitative estimate of drug-likeness (QED) is 0.790. The first-order valence-corrected chi connectivity index (χ1v) is 7.42. The number of anilines is 1. The molecule has 0 fully saturated rings. The summed E-state index contributed by atoms with van der Waals surface area (Å²) in [5.74, 6) is -0.125. The van der Waals surface area contributed by atoms with Gasteiger partial charge in [-0.05, 0) is 57.5 Å². The van der Waals surface area contributed by atoms with Crippen molar-refractivity contribution in [3.8, 4) is 0 Å². The van der Waals surface area contributed by atoms with Gasteiger partial charge in [-0.15, -0.1) is 0 Å². The molecule has 2 rings (SSSR count). The summed E-state index contributed by atoms with van der Waals surface area (Å²) in [4.78, 5) is 14.3. The van der Waals surface area contributed by atoms with E-state index >= 15 is 0 Å². The van der Waals surface area contributed by atoms with E-state index in [0.717, 1.165) is 30.9 Å². The van der Waals surface area contributed by atoms with Crippen LogP contribution in [0.2, 0.25) is 0 Å². The highest BCUT2D eigenvalue weighted by Crippen LogP contribution is 2.15. The number of hydrogen-bond donors (Lipinski definition) is 2. The van der Waals surface area contributed by atoms with Gasteiger partial charge in [0.05, 0.1) is 5.70 Å². The summed E-state index contributed by atoms with van der Waals surface area (Å²) in [7, 11) is 0. The monoisotopic (exact) mass is 285 g/mol. The predicted octanol–water partition coefficient (Wildman–Crippen LogP) is 3.00. The third-order valence-corrected chi connectivity index (χ3v) is 3.62. The fourth-order valence-electron chi connectivity index (χ4n) is 2.35. The maximum atomic E-state index is 12.1. The van der Waals surface area contributed by atoms with Gasteiger partial charge in [0.25, 0.3) is 5.91 Å². The van der Waals surface area contributed by atoms with Gasteiger partial charge in [-0.3, -0.25) is 15.6 Å². The number of nitrogens with zero attached hydrogens (tertiary/aromatic N) is 1. The second kappa shape index (κ2) is 6.97. The summed E-state index contributed by atoms with van der Waals surface area (Å²) in [6.07, 6.45) is 5.03. The van der Waals surface area contributed by atoms with Crippen LogP contribution in [0.25, 0.3) is 0 Å². The van der Waals surface area contributed by atoms with E-state index in [2.05, 4.69) is 42.6 Å². The lowest BCUT2D eigenvalue weighted by Gasteiger charge is -2.21. The molecule has 2 N–H and O–H groups in total. The van der Waals surface area contributed by atoms with Crippen molar-refractivity contribution in [2.75, 3.05) is 18.0 Å². The average molecular weight is 285 g/mol. The van der Waals surface area contributed by atoms with Crippen LogP contribution in [-0.2, 0) is 0 Å². The summed E-state index contributed by atoms with van der Waals surface area (Å²) < 4.78 is 0. The van der Waals surface area contributed by atoms with Gasteiger partial charge < -0.3 is 4.90 Å². The van der Waals surface area contributed by atoms with Crippen molar-refractivity contribution < 1.29 is 4.79 Å². The van der Waals surface area contributed by atoms with Crippen molar-refractivity contribution in [1.29, 1.82) is 0 Å². The van der Waals surface area contributed by atoms with Crippen molar-refractivity contribution in [3.63, 3.8) is 0 Å². The van der Waals surface area contributed by atoms with E-state index in [9.17, 15) is 4.79 Å². The van der Waals surface area contributed by atoms with E-state index in [4.69, 9.17) is 0 Å². The highest BCUT2D eigenvalue weighted by atomic mass is 16.2. The van der Waals surface area contributed by atoms with Crippen LogP contribution < -0.4 is 15.8 Å². The van der Waals surface area contributed by atoms with Gasteiger partial charge in [-0.2, -0.15) is 0 Å². The molecule has 4 heteroatoms. The molecular weight excluding hydrogens is 262 g/mol. The van der Waals surface area contributed by atoms with E-state index in [-0.39, 0.29) is 5.91 Å². The summed E-state index contributed by atoms with van der Waals surface area (Å²) in [5, 5.41) is 0. The summed E-state index contributed by atoms with van der Waals surface area (Å²) >= 11 is 0. The summed E-state index contributed by atoms with van der Waals surface area (Å²) in [6, 6.07) is 7.69. The second-order valence-electron chi connectivity index (χ2n) is 5.15. The van der Waals surface area contributed by atoms with E-state index < -0.39 is 0 Å². The minimum Gasteiger partial charge on any atom is -0.372 e. The molecule has 112 valence electrons. The molecule has 0 aromatic heterocycles. The van der Waals surface area contributed by atoms with Crippen LogP contribution in [0.5, 0.6) is 0 Å². The van der Waals surface area contributed by atoms with Gasteiger partial charge >= 0.3 is 0 Å². The minimum atomic E-state index is -0.125. The van der Waals surface area contributed by atoms with Crippen LogP contribution in [0.4, 0.5) is 5.69 Å². The Balaban J connectivity index is 1.94. The van der Waals surface area contributed by atoms with Crippen LogP contribution in [0, 0.1) is 0 Å². The Morgan fingerprint density at radius 2 is 1.86 bits per heavy atom. The Kier molecular flexibility index (Phi) is 5.04. The molecule has 0 saturated heterocycles. The highest BCUT2D eigenvalue weighted by molar-refractivity contribution is 5.94. The van der Waals surface area contributed by atoms with Crippen LogP contribution in [0.1, 0.15) is 37.6 Å². The topological polar surface area (TPSA) is 44.4 Å². The molecule has 0 aliphatic heterocycles. The molecule has 1 aromatic rings. The molecule has 1 aliphatic carbocycles. The zero-order valence-corrected chi connectivity index (χ0v) is 12.9. The first kappa shape index (κ1) is 15.2. The van der Waals surface area contributed by atoms with Crippen LogP contribution in [0.15, 0.2) is 47.7 Å². The Morgan fingerprint density at radius 1 is 1.19 bits per heavy atom. The van der Waals surface area contributed by atoms with Crippen molar-refractivity contribution in [2.24, 2.45) is 0 Å². The van der Waals surface area contributed by atoms with Crippen LogP contribution in [0.3, 0.4) is 0 Å². The third-order valence-electron chi connectivity index (χ3n) is 3.62. The number of hydrogen-bond acceptors (Lipinski definition) is 3. The Hall–Kier alpha value is -2.23. The number of benzene rings is 1. The van der Waals surface area contributed by atoms with Crippen LogP contribution in [-0.4, -0.2) is 19.0 Å². The molecule has 21 heavy (non-hydrogen) atoms. The molecule has 1 amide bonds. The number of nitrogens with one attached hydrogen (secondary N) is 2. The van der Waals surface area contributed by atoms with Gasteiger partial charge in [0.15, 0.2) is 0 Å². The van der Waals surface area contributed by atoms with E-state index in [1.54, 1.807) is 0 Å². The molecule has 0 saturated carbocycles. The van der Waals surface area contributed by atoms with Gasteiger partial charge in [0.1, 0.15) is 0 Å². The molecule has 1 aliphatic rings. The first-order valence-electron chi connectivity index (χ1n) is 7.42. The SMILES string of the molecule is CCN(CC)c1ccc(C(=O)NNC2=CCC(C)=C2)cc1. The molecule has 0 bridgehead atoms. The van der Waals surface area contributed by atoms with Crippen LogP contribution >= 0.6 is 0 Å². The highest BCUT2D eigenvalue weighted by Gasteiger charge is 2.08. The molecule has 0 unspecified atom stereocenters. The third kappa shape index (κ3) is 3.88. The van der Waals surface area contributed by atoms with E-state index in [1.807, 2.05) is 30.3 Å². The van der Waals surface area contributed by atoms with Gasteiger partial charge in [0, 0.05) is 24.3 Å².